The van der Waals surface area contributed by atoms with Crippen LogP contribution in [-0.2, 0) is 0 Å². The fourth-order valence-corrected chi connectivity index (χ4v) is 3.51. The lowest BCUT2D eigenvalue weighted by Crippen LogP contribution is -2.71. The Bertz CT molecular complexity index is 639. The van der Waals surface area contributed by atoms with Gasteiger partial charge in [-0.25, -0.2) is 0 Å². The summed E-state index contributed by atoms with van der Waals surface area (Å²) in [7, 11) is 2.18. The van der Waals surface area contributed by atoms with Crippen LogP contribution in [0.3, 0.4) is 0 Å². The van der Waals surface area contributed by atoms with Gasteiger partial charge in [0.15, 0.2) is 0 Å². The molecule has 2 fully saturated rings. The van der Waals surface area contributed by atoms with Crippen LogP contribution in [0.4, 0.5) is 11.4 Å². The molecule has 2 aliphatic rings. The molecule has 0 radical (unpaired) electrons. The van der Waals surface area contributed by atoms with E-state index in [4.69, 9.17) is 5.73 Å². The van der Waals surface area contributed by atoms with E-state index in [1.807, 2.05) is 6.07 Å². The summed E-state index contributed by atoms with van der Waals surface area (Å²) in [4.78, 5) is 4.80. The topological polar surface area (TPSA) is 58.3 Å². The maximum Gasteiger partial charge on any atom is 0.0951 e. The molecule has 0 amide bonds. The molecule has 19 heavy (non-hydrogen) atoms. The highest BCUT2D eigenvalue weighted by Crippen LogP contribution is 2.41. The number of anilines is 2. The minimum Gasteiger partial charge on any atom is -0.397 e. The van der Waals surface area contributed by atoms with Crippen LogP contribution in [0.2, 0.25) is 0 Å². The summed E-state index contributed by atoms with van der Waals surface area (Å²) in [6.45, 7) is 4.76. The molecule has 2 aliphatic heterocycles. The molecule has 2 aromatic rings. The SMILES string of the molecule is CN1CC2(C1)CN(c1ccc3nncc(N)c3c1)C2. The van der Waals surface area contributed by atoms with Gasteiger partial charge in [-0.1, -0.05) is 0 Å². The van der Waals surface area contributed by atoms with Crippen LogP contribution in [0.1, 0.15) is 0 Å². The average molecular weight is 255 g/mol. The molecule has 1 aromatic heterocycles. The van der Waals surface area contributed by atoms with Gasteiger partial charge in [0.2, 0.25) is 0 Å². The van der Waals surface area contributed by atoms with Gasteiger partial charge in [0.1, 0.15) is 0 Å². The fourth-order valence-electron chi connectivity index (χ4n) is 3.51. The maximum atomic E-state index is 5.97. The van der Waals surface area contributed by atoms with Gasteiger partial charge >= 0.3 is 0 Å². The van der Waals surface area contributed by atoms with E-state index in [1.54, 1.807) is 6.20 Å². The summed E-state index contributed by atoms with van der Waals surface area (Å²) in [5, 5.41) is 8.98. The smallest absolute Gasteiger partial charge is 0.0951 e. The predicted octanol–water partition coefficient (Wildman–Crippen LogP) is 0.964. The lowest BCUT2D eigenvalue weighted by Gasteiger charge is -2.60. The van der Waals surface area contributed by atoms with E-state index in [1.165, 1.54) is 18.8 Å². The minimum absolute atomic E-state index is 0.547. The fraction of sp³-hybridized carbons (Fsp3) is 0.429. The number of fused-ring (bicyclic) bond motifs is 1. The summed E-state index contributed by atoms with van der Waals surface area (Å²) < 4.78 is 0. The Kier molecular flexibility index (Phi) is 2.07. The predicted molar refractivity (Wildman–Crippen MR) is 76.1 cm³/mol. The van der Waals surface area contributed by atoms with Gasteiger partial charge < -0.3 is 15.5 Å². The first kappa shape index (κ1) is 11.0. The quantitative estimate of drug-likeness (QED) is 0.822. The van der Waals surface area contributed by atoms with Crippen molar-refractivity contribution < 1.29 is 0 Å². The molecule has 2 N–H and O–H groups in total. The number of nitrogens with two attached hydrogens (primary N) is 1. The van der Waals surface area contributed by atoms with Gasteiger partial charge in [-0.2, -0.15) is 10.2 Å². The first-order valence-corrected chi connectivity index (χ1v) is 6.60. The van der Waals surface area contributed by atoms with Crippen LogP contribution in [0.5, 0.6) is 0 Å². The van der Waals surface area contributed by atoms with Crippen molar-refractivity contribution in [2.24, 2.45) is 5.41 Å². The molecule has 2 saturated heterocycles. The number of rotatable bonds is 1. The van der Waals surface area contributed by atoms with E-state index >= 15 is 0 Å². The van der Waals surface area contributed by atoms with Crippen LogP contribution in [0.15, 0.2) is 24.4 Å². The Morgan fingerprint density at radius 1 is 1.21 bits per heavy atom. The molecule has 0 unspecified atom stereocenters. The summed E-state index contributed by atoms with van der Waals surface area (Å²) in [5.74, 6) is 0. The number of aromatic nitrogens is 2. The number of likely N-dealkylation sites (tertiary alicyclic amines) is 1. The Hall–Kier alpha value is -1.88. The third-order valence-corrected chi connectivity index (χ3v) is 4.28. The number of nitrogens with zero attached hydrogens (tertiary/aromatic N) is 4. The Labute approximate surface area is 112 Å². The molecular formula is C14H17N5. The van der Waals surface area contributed by atoms with E-state index in [0.717, 1.165) is 24.0 Å². The molecule has 5 nitrogen and oxygen atoms in total. The van der Waals surface area contributed by atoms with Gasteiger partial charge in [-0.05, 0) is 25.2 Å². The van der Waals surface area contributed by atoms with Crippen molar-refractivity contribution >= 4 is 22.3 Å². The number of hydrogen-bond donors (Lipinski definition) is 1. The second-order valence-corrected chi connectivity index (χ2v) is 6.03. The zero-order chi connectivity index (χ0) is 13.0. The van der Waals surface area contributed by atoms with E-state index in [9.17, 15) is 0 Å². The van der Waals surface area contributed by atoms with Gasteiger partial charge in [0, 0.05) is 42.7 Å². The Morgan fingerprint density at radius 2 is 2.00 bits per heavy atom. The molecule has 98 valence electrons. The molecule has 0 atom stereocenters. The van der Waals surface area contributed by atoms with Crippen molar-refractivity contribution in [1.29, 1.82) is 0 Å². The van der Waals surface area contributed by atoms with Crippen molar-refractivity contribution in [3.63, 3.8) is 0 Å². The van der Waals surface area contributed by atoms with Crippen LogP contribution in [-0.4, -0.2) is 48.3 Å². The van der Waals surface area contributed by atoms with E-state index < -0.39 is 0 Å². The molecular weight excluding hydrogens is 238 g/mol. The molecule has 0 saturated carbocycles. The zero-order valence-electron chi connectivity index (χ0n) is 11.0. The zero-order valence-corrected chi connectivity index (χ0v) is 11.0. The molecule has 0 aliphatic carbocycles. The van der Waals surface area contributed by atoms with Crippen molar-refractivity contribution in [1.82, 2.24) is 15.1 Å². The maximum absolute atomic E-state index is 5.97. The molecule has 4 rings (SSSR count). The molecule has 1 spiro atoms. The van der Waals surface area contributed by atoms with Crippen molar-refractivity contribution in [2.45, 2.75) is 0 Å². The second-order valence-electron chi connectivity index (χ2n) is 6.03. The third-order valence-electron chi connectivity index (χ3n) is 4.28. The molecule has 3 heterocycles. The third kappa shape index (κ3) is 1.58. The standard InChI is InChI=1S/C14H17N5/c1-18-6-14(7-18)8-19(9-14)10-2-3-13-11(4-10)12(15)5-16-17-13/h2-5H,6-9H2,1H3,(H2,15,17). The lowest BCUT2D eigenvalue weighted by atomic mass is 9.73. The number of nitrogen functional groups attached to an aromatic ring is 1. The van der Waals surface area contributed by atoms with Crippen molar-refractivity contribution in [3.05, 3.63) is 24.4 Å². The van der Waals surface area contributed by atoms with Gasteiger partial charge in [-0.15, -0.1) is 0 Å². The highest BCUT2D eigenvalue weighted by atomic mass is 15.3. The van der Waals surface area contributed by atoms with Crippen molar-refractivity contribution in [3.8, 4) is 0 Å². The summed E-state index contributed by atoms with van der Waals surface area (Å²) >= 11 is 0. The van der Waals surface area contributed by atoms with Gasteiger partial charge in [-0.3, -0.25) is 0 Å². The van der Waals surface area contributed by atoms with Crippen LogP contribution in [0, 0.1) is 5.41 Å². The number of benzene rings is 1. The molecule has 0 bridgehead atoms. The van der Waals surface area contributed by atoms with Crippen LogP contribution < -0.4 is 10.6 Å². The highest BCUT2D eigenvalue weighted by Gasteiger charge is 2.50. The minimum atomic E-state index is 0.547. The Morgan fingerprint density at radius 3 is 2.74 bits per heavy atom. The van der Waals surface area contributed by atoms with E-state index in [2.05, 4.69) is 39.2 Å². The first-order chi connectivity index (χ1) is 9.15. The Balaban J connectivity index is 1.61. The van der Waals surface area contributed by atoms with E-state index in [-0.39, 0.29) is 0 Å². The monoisotopic (exact) mass is 255 g/mol. The second kappa shape index (κ2) is 3.57. The molecule has 5 heteroatoms. The lowest BCUT2D eigenvalue weighted by molar-refractivity contribution is -0.00237. The van der Waals surface area contributed by atoms with Crippen LogP contribution >= 0.6 is 0 Å². The number of hydrogen-bond acceptors (Lipinski definition) is 5. The average Bonchev–Trinajstić information content (AvgIpc) is 2.32. The van der Waals surface area contributed by atoms with Crippen molar-refractivity contribution in [2.75, 3.05) is 43.9 Å². The van der Waals surface area contributed by atoms with E-state index in [0.29, 0.717) is 11.1 Å². The summed E-state index contributed by atoms with van der Waals surface area (Å²) in [6.07, 6.45) is 1.62. The highest BCUT2D eigenvalue weighted by molar-refractivity contribution is 5.91. The first-order valence-electron chi connectivity index (χ1n) is 6.60. The van der Waals surface area contributed by atoms with Crippen LogP contribution in [0.25, 0.3) is 10.9 Å². The van der Waals surface area contributed by atoms with Gasteiger partial charge in [0.05, 0.1) is 17.4 Å². The molecule has 1 aromatic carbocycles. The van der Waals surface area contributed by atoms with Gasteiger partial charge in [0.25, 0.3) is 0 Å². The summed E-state index contributed by atoms with van der Waals surface area (Å²) in [5.41, 5.74) is 9.32. The largest absolute Gasteiger partial charge is 0.397 e. The summed E-state index contributed by atoms with van der Waals surface area (Å²) in [6, 6.07) is 6.26. The normalized spacial score (nSPS) is 21.4.